The molecule has 0 spiro atoms. The van der Waals surface area contributed by atoms with E-state index in [4.69, 9.17) is 0 Å². The lowest BCUT2D eigenvalue weighted by Gasteiger charge is -2.21. The highest BCUT2D eigenvalue weighted by Crippen LogP contribution is 2.22. The van der Waals surface area contributed by atoms with E-state index in [0.29, 0.717) is 6.04 Å². The zero-order valence-electron chi connectivity index (χ0n) is 10.8. The number of aryl methyl sites for hydroxylation is 1. The summed E-state index contributed by atoms with van der Waals surface area (Å²) in [6, 6.07) is 0.397. The molecule has 0 saturated carbocycles. The minimum atomic E-state index is -0.702. The van der Waals surface area contributed by atoms with E-state index in [2.05, 4.69) is 28.7 Å². The average molecular weight is 255 g/mol. The fourth-order valence-electron chi connectivity index (χ4n) is 2.52. The van der Waals surface area contributed by atoms with Crippen LogP contribution in [-0.2, 0) is 23.8 Å². The Kier molecular flexibility index (Phi) is 3.99. The van der Waals surface area contributed by atoms with Crippen LogP contribution in [0.3, 0.4) is 0 Å². The number of nitrogens with one attached hydrogen (secondary N) is 1. The van der Waals surface area contributed by atoms with Gasteiger partial charge in [-0.15, -0.1) is 0 Å². The van der Waals surface area contributed by atoms with Crippen molar-refractivity contribution in [3.05, 3.63) is 17.2 Å². The zero-order valence-corrected chi connectivity index (χ0v) is 11.6. The molecular weight excluding hydrogens is 234 g/mol. The van der Waals surface area contributed by atoms with Gasteiger partial charge in [0.05, 0.1) is 5.69 Å². The van der Waals surface area contributed by atoms with Gasteiger partial charge in [0.2, 0.25) is 0 Å². The van der Waals surface area contributed by atoms with Crippen LogP contribution >= 0.6 is 0 Å². The van der Waals surface area contributed by atoms with Crippen LogP contribution in [0.4, 0.5) is 0 Å². The van der Waals surface area contributed by atoms with Crippen molar-refractivity contribution in [3.8, 4) is 0 Å². The van der Waals surface area contributed by atoms with Crippen LogP contribution < -0.4 is 5.32 Å². The van der Waals surface area contributed by atoms with Gasteiger partial charge >= 0.3 is 0 Å². The van der Waals surface area contributed by atoms with E-state index >= 15 is 0 Å². The Hall–Kier alpha value is -0.680. The first kappa shape index (κ1) is 12.8. The van der Waals surface area contributed by atoms with E-state index in [0.717, 1.165) is 37.5 Å². The maximum Gasteiger partial charge on any atom is 0.106 e. The van der Waals surface area contributed by atoms with Crippen LogP contribution in [-0.4, -0.2) is 32.3 Å². The molecule has 96 valence electrons. The highest BCUT2D eigenvalue weighted by Gasteiger charge is 2.20. The average Bonchev–Trinajstić information content (AvgIpc) is 2.61. The Morgan fingerprint density at radius 2 is 2.35 bits per heavy atom. The van der Waals surface area contributed by atoms with E-state index < -0.39 is 10.8 Å². The molecule has 0 amide bonds. The van der Waals surface area contributed by atoms with Crippen LogP contribution in [0.5, 0.6) is 0 Å². The summed E-state index contributed by atoms with van der Waals surface area (Å²) in [6.07, 6.45) is 3.78. The minimum Gasteiger partial charge on any atom is -0.329 e. The first-order chi connectivity index (χ1) is 8.09. The molecule has 0 saturated heterocycles. The molecule has 1 aliphatic rings. The van der Waals surface area contributed by atoms with Gasteiger partial charge in [-0.1, -0.05) is 0 Å². The number of nitrogens with zero attached hydrogens (tertiary/aromatic N) is 2. The smallest absolute Gasteiger partial charge is 0.106 e. The van der Waals surface area contributed by atoms with Crippen molar-refractivity contribution in [1.82, 2.24) is 14.9 Å². The molecule has 1 aromatic rings. The van der Waals surface area contributed by atoms with Crippen molar-refractivity contribution in [2.45, 2.75) is 39.3 Å². The molecule has 5 heteroatoms. The molecule has 0 radical (unpaired) electrons. The van der Waals surface area contributed by atoms with Gasteiger partial charge in [-0.3, -0.25) is 4.21 Å². The van der Waals surface area contributed by atoms with Gasteiger partial charge in [-0.25, -0.2) is 4.98 Å². The second kappa shape index (κ2) is 5.31. The minimum absolute atomic E-state index is 0.397. The van der Waals surface area contributed by atoms with E-state index in [-0.39, 0.29) is 0 Å². The summed E-state index contributed by atoms with van der Waals surface area (Å²) in [5.74, 6) is 1.86. The maximum absolute atomic E-state index is 11.2. The third kappa shape index (κ3) is 2.77. The monoisotopic (exact) mass is 255 g/mol. The van der Waals surface area contributed by atoms with Gasteiger partial charge in [0.1, 0.15) is 5.82 Å². The van der Waals surface area contributed by atoms with Gasteiger partial charge in [-0.2, -0.15) is 0 Å². The molecule has 1 N–H and O–H groups in total. The Morgan fingerprint density at radius 1 is 1.59 bits per heavy atom. The van der Waals surface area contributed by atoms with Gasteiger partial charge in [-0.05, 0) is 20.3 Å². The predicted molar refractivity (Wildman–Crippen MR) is 70.6 cm³/mol. The summed E-state index contributed by atoms with van der Waals surface area (Å²) in [6.45, 7) is 6.18. The van der Waals surface area contributed by atoms with Crippen LogP contribution in [0.1, 0.15) is 36.6 Å². The molecule has 1 aliphatic heterocycles. The van der Waals surface area contributed by atoms with Crippen LogP contribution in [0.15, 0.2) is 0 Å². The number of rotatable bonds is 4. The number of imidazole rings is 1. The van der Waals surface area contributed by atoms with Crippen LogP contribution in [0, 0.1) is 6.92 Å². The fraction of sp³-hybridized carbons (Fsp3) is 0.750. The highest BCUT2D eigenvalue weighted by atomic mass is 32.2. The molecule has 0 bridgehead atoms. The topological polar surface area (TPSA) is 46.9 Å². The third-order valence-corrected chi connectivity index (χ3v) is 4.17. The predicted octanol–water partition coefficient (Wildman–Crippen LogP) is 1.17. The van der Waals surface area contributed by atoms with Gasteiger partial charge in [0.15, 0.2) is 0 Å². The summed E-state index contributed by atoms with van der Waals surface area (Å²) in [7, 11) is -0.702. The van der Waals surface area contributed by atoms with Crippen LogP contribution in [0.25, 0.3) is 0 Å². The summed E-state index contributed by atoms with van der Waals surface area (Å²) >= 11 is 0. The first-order valence-corrected chi connectivity index (χ1v) is 7.89. The number of fused-ring (bicyclic) bond motifs is 1. The van der Waals surface area contributed by atoms with Crippen molar-refractivity contribution in [2.24, 2.45) is 0 Å². The SMILES string of the molecule is Cc1nc2c(n1C(C)CCS(C)=O)CCNC2. The van der Waals surface area contributed by atoms with Gasteiger partial charge in [0.25, 0.3) is 0 Å². The molecule has 1 aromatic heterocycles. The molecule has 0 aliphatic carbocycles. The summed E-state index contributed by atoms with van der Waals surface area (Å²) < 4.78 is 13.5. The zero-order chi connectivity index (χ0) is 12.4. The molecule has 2 atom stereocenters. The normalized spacial score (nSPS) is 18.8. The third-order valence-electron chi connectivity index (χ3n) is 3.36. The number of hydrogen-bond acceptors (Lipinski definition) is 3. The van der Waals surface area contributed by atoms with Crippen molar-refractivity contribution >= 4 is 10.8 Å². The number of aromatic nitrogens is 2. The molecule has 0 fully saturated rings. The fourth-order valence-corrected chi connectivity index (χ4v) is 3.19. The molecule has 4 nitrogen and oxygen atoms in total. The second-order valence-electron chi connectivity index (χ2n) is 4.76. The summed E-state index contributed by atoms with van der Waals surface area (Å²) in [4.78, 5) is 4.62. The van der Waals surface area contributed by atoms with E-state index in [1.165, 1.54) is 11.4 Å². The lowest BCUT2D eigenvalue weighted by Crippen LogP contribution is -2.26. The molecule has 17 heavy (non-hydrogen) atoms. The van der Waals surface area contributed by atoms with Gasteiger partial charge in [0, 0.05) is 54.1 Å². The van der Waals surface area contributed by atoms with Crippen molar-refractivity contribution in [2.75, 3.05) is 18.6 Å². The Morgan fingerprint density at radius 3 is 3.06 bits per heavy atom. The molecule has 0 aromatic carbocycles. The first-order valence-electron chi connectivity index (χ1n) is 6.17. The Labute approximate surface area is 105 Å². The summed E-state index contributed by atoms with van der Waals surface area (Å²) in [5, 5.41) is 3.35. The number of hydrogen-bond donors (Lipinski definition) is 1. The highest BCUT2D eigenvalue weighted by molar-refractivity contribution is 7.84. The van der Waals surface area contributed by atoms with Crippen molar-refractivity contribution < 1.29 is 4.21 Å². The largest absolute Gasteiger partial charge is 0.329 e. The molecule has 2 heterocycles. The summed E-state index contributed by atoms with van der Waals surface area (Å²) in [5.41, 5.74) is 2.56. The Bertz CT molecular complexity index is 428. The van der Waals surface area contributed by atoms with Crippen LogP contribution in [0.2, 0.25) is 0 Å². The van der Waals surface area contributed by atoms with E-state index in [9.17, 15) is 4.21 Å². The Balaban J connectivity index is 2.19. The lowest BCUT2D eigenvalue weighted by atomic mass is 10.1. The van der Waals surface area contributed by atoms with Gasteiger partial charge < -0.3 is 9.88 Å². The van der Waals surface area contributed by atoms with E-state index in [1.807, 2.05) is 0 Å². The quantitative estimate of drug-likeness (QED) is 0.878. The standard InChI is InChI=1S/C12H21N3OS/c1-9(5-7-17(3)16)15-10(2)14-11-8-13-6-4-12(11)15/h9,13H,4-8H2,1-3H3. The van der Waals surface area contributed by atoms with Crippen molar-refractivity contribution in [1.29, 1.82) is 0 Å². The maximum atomic E-state index is 11.2. The van der Waals surface area contributed by atoms with Crippen molar-refractivity contribution in [3.63, 3.8) is 0 Å². The molecular formula is C12H21N3OS. The molecule has 2 unspecified atom stereocenters. The second-order valence-corrected chi connectivity index (χ2v) is 6.32. The lowest BCUT2D eigenvalue weighted by molar-refractivity contribution is 0.489. The molecule has 2 rings (SSSR count). The van der Waals surface area contributed by atoms with E-state index in [1.54, 1.807) is 6.26 Å².